The number of carbonyl (C=O) groups excluding carboxylic acids is 2. The molecule has 1 atom stereocenters. The lowest BCUT2D eigenvalue weighted by molar-refractivity contribution is -0.125. The van der Waals surface area contributed by atoms with Crippen LogP contribution < -0.4 is 11.1 Å². The molecule has 2 amide bonds. The van der Waals surface area contributed by atoms with Crippen molar-refractivity contribution in [3.63, 3.8) is 0 Å². The number of amides is 2. The molecule has 0 aliphatic heterocycles. The van der Waals surface area contributed by atoms with Crippen molar-refractivity contribution in [1.82, 2.24) is 0 Å². The lowest BCUT2D eigenvalue weighted by atomic mass is 10.1. The Morgan fingerprint density at radius 2 is 2.00 bits per heavy atom. The average Bonchev–Trinajstić information content (AvgIpc) is 2.29. The molecule has 17 heavy (non-hydrogen) atoms. The van der Waals surface area contributed by atoms with Crippen molar-refractivity contribution in [3.8, 4) is 6.07 Å². The van der Waals surface area contributed by atoms with Crippen LogP contribution >= 0.6 is 0 Å². The van der Waals surface area contributed by atoms with Gasteiger partial charge in [0.1, 0.15) is 0 Å². The van der Waals surface area contributed by atoms with Crippen molar-refractivity contribution in [2.75, 3.05) is 5.32 Å². The third-order valence-corrected chi connectivity index (χ3v) is 2.24. The molecule has 0 aliphatic rings. The summed E-state index contributed by atoms with van der Waals surface area (Å²) in [5.74, 6) is -1.25. The number of hydrogen-bond acceptors (Lipinski definition) is 3. The van der Waals surface area contributed by atoms with Crippen LogP contribution in [0, 0.1) is 17.2 Å². The van der Waals surface area contributed by atoms with Gasteiger partial charge in [0, 0.05) is 18.0 Å². The zero-order valence-corrected chi connectivity index (χ0v) is 9.43. The van der Waals surface area contributed by atoms with Crippen LogP contribution in [0.3, 0.4) is 0 Å². The fourth-order valence-corrected chi connectivity index (χ4v) is 1.29. The molecule has 3 N–H and O–H groups in total. The van der Waals surface area contributed by atoms with Gasteiger partial charge < -0.3 is 11.1 Å². The Balaban J connectivity index is 2.61. The largest absolute Gasteiger partial charge is 0.370 e. The Morgan fingerprint density at radius 3 is 2.47 bits per heavy atom. The van der Waals surface area contributed by atoms with Gasteiger partial charge in [-0.3, -0.25) is 9.59 Å². The highest BCUT2D eigenvalue weighted by atomic mass is 16.2. The van der Waals surface area contributed by atoms with E-state index in [0.29, 0.717) is 11.3 Å². The van der Waals surface area contributed by atoms with Crippen molar-refractivity contribution in [2.24, 2.45) is 11.7 Å². The van der Waals surface area contributed by atoms with Crippen molar-refractivity contribution >= 4 is 17.5 Å². The zero-order valence-electron chi connectivity index (χ0n) is 9.43. The topological polar surface area (TPSA) is 96.0 Å². The van der Waals surface area contributed by atoms with Gasteiger partial charge >= 0.3 is 0 Å². The van der Waals surface area contributed by atoms with Crippen LogP contribution in [0.15, 0.2) is 24.3 Å². The number of rotatable bonds is 4. The minimum absolute atomic E-state index is 0.0160. The molecule has 1 aromatic rings. The summed E-state index contributed by atoms with van der Waals surface area (Å²) < 4.78 is 0. The third kappa shape index (κ3) is 3.95. The zero-order chi connectivity index (χ0) is 12.8. The third-order valence-electron chi connectivity index (χ3n) is 2.24. The van der Waals surface area contributed by atoms with Gasteiger partial charge in [-0.25, -0.2) is 0 Å². The fraction of sp³-hybridized carbons (Fsp3) is 0.250. The van der Waals surface area contributed by atoms with Gasteiger partial charge in [-0.15, -0.1) is 0 Å². The van der Waals surface area contributed by atoms with Crippen LogP contribution in [-0.4, -0.2) is 11.8 Å². The molecule has 0 aliphatic carbocycles. The molecule has 0 fully saturated rings. The van der Waals surface area contributed by atoms with Crippen molar-refractivity contribution in [2.45, 2.75) is 13.3 Å². The number of nitriles is 1. The van der Waals surface area contributed by atoms with Crippen LogP contribution in [-0.2, 0) is 9.59 Å². The second-order valence-corrected chi connectivity index (χ2v) is 3.75. The lowest BCUT2D eigenvalue weighted by Crippen LogP contribution is -2.25. The monoisotopic (exact) mass is 231 g/mol. The van der Waals surface area contributed by atoms with Gasteiger partial charge in [0.05, 0.1) is 11.6 Å². The summed E-state index contributed by atoms with van der Waals surface area (Å²) in [4.78, 5) is 22.3. The molecular weight excluding hydrogens is 218 g/mol. The SMILES string of the molecule is CC(CC(N)=O)C(=O)Nc1ccc(C#N)cc1. The second kappa shape index (κ2) is 5.66. The van der Waals surface area contributed by atoms with E-state index in [4.69, 9.17) is 11.0 Å². The molecule has 88 valence electrons. The molecule has 0 bridgehead atoms. The highest BCUT2D eigenvalue weighted by molar-refractivity contribution is 5.94. The van der Waals surface area contributed by atoms with Gasteiger partial charge in [0.15, 0.2) is 0 Å². The van der Waals surface area contributed by atoms with Gasteiger partial charge in [-0.1, -0.05) is 6.92 Å². The van der Waals surface area contributed by atoms with E-state index < -0.39 is 11.8 Å². The maximum absolute atomic E-state index is 11.6. The molecule has 1 aromatic carbocycles. The Hall–Kier alpha value is -2.35. The number of primary amides is 1. The minimum Gasteiger partial charge on any atom is -0.370 e. The summed E-state index contributed by atoms with van der Waals surface area (Å²) in [7, 11) is 0. The number of nitrogens with zero attached hydrogens (tertiary/aromatic N) is 1. The average molecular weight is 231 g/mol. The molecule has 5 heteroatoms. The molecule has 0 saturated carbocycles. The van der Waals surface area contributed by atoms with Crippen LogP contribution in [0.4, 0.5) is 5.69 Å². The smallest absolute Gasteiger partial charge is 0.227 e. The Bertz CT molecular complexity index is 460. The molecular formula is C12H13N3O2. The first-order valence-corrected chi connectivity index (χ1v) is 5.12. The Kier molecular flexibility index (Phi) is 4.23. The first kappa shape index (κ1) is 12.7. The first-order valence-electron chi connectivity index (χ1n) is 5.12. The number of carbonyl (C=O) groups is 2. The number of benzene rings is 1. The molecule has 0 radical (unpaired) electrons. The summed E-state index contributed by atoms with van der Waals surface area (Å²) in [5.41, 5.74) is 6.12. The molecule has 0 saturated heterocycles. The highest BCUT2D eigenvalue weighted by Crippen LogP contribution is 2.11. The van der Waals surface area contributed by atoms with Crippen molar-refractivity contribution in [1.29, 1.82) is 5.26 Å². The van der Waals surface area contributed by atoms with Crippen LogP contribution in [0.1, 0.15) is 18.9 Å². The van der Waals surface area contributed by atoms with Crippen LogP contribution in [0.25, 0.3) is 0 Å². The summed E-state index contributed by atoms with van der Waals surface area (Å²) in [5, 5.41) is 11.3. The standard InChI is InChI=1S/C12H13N3O2/c1-8(6-11(14)16)12(17)15-10-4-2-9(7-13)3-5-10/h2-5,8H,6H2,1H3,(H2,14,16)(H,15,17). The van der Waals surface area contributed by atoms with E-state index in [9.17, 15) is 9.59 Å². The maximum atomic E-state index is 11.6. The number of anilines is 1. The fourth-order valence-electron chi connectivity index (χ4n) is 1.29. The predicted octanol–water partition coefficient (Wildman–Crippen LogP) is 1.01. The molecule has 5 nitrogen and oxygen atoms in total. The van der Waals surface area contributed by atoms with Gasteiger partial charge in [0.2, 0.25) is 11.8 Å². The van der Waals surface area contributed by atoms with Crippen LogP contribution in [0.5, 0.6) is 0 Å². The summed E-state index contributed by atoms with van der Waals surface area (Å²) in [6.45, 7) is 1.63. The lowest BCUT2D eigenvalue weighted by Gasteiger charge is -2.10. The first-order chi connectivity index (χ1) is 8.02. The van der Waals surface area contributed by atoms with E-state index in [1.165, 1.54) is 0 Å². The predicted molar refractivity (Wildman–Crippen MR) is 62.8 cm³/mol. The van der Waals surface area contributed by atoms with Gasteiger partial charge in [-0.2, -0.15) is 5.26 Å². The Labute approximate surface area is 99.2 Å². The van der Waals surface area contributed by atoms with Crippen molar-refractivity contribution in [3.05, 3.63) is 29.8 Å². The molecule has 0 aromatic heterocycles. The normalized spacial score (nSPS) is 11.3. The molecule has 1 unspecified atom stereocenters. The second-order valence-electron chi connectivity index (χ2n) is 3.75. The summed E-state index contributed by atoms with van der Waals surface area (Å²) in [6.07, 6.45) is 0.0160. The minimum atomic E-state index is -0.507. The van der Waals surface area contributed by atoms with E-state index in [1.807, 2.05) is 6.07 Å². The number of nitrogens with two attached hydrogens (primary N) is 1. The van der Waals surface area contributed by atoms with E-state index in [1.54, 1.807) is 31.2 Å². The number of nitrogens with one attached hydrogen (secondary N) is 1. The maximum Gasteiger partial charge on any atom is 0.227 e. The van der Waals surface area contributed by atoms with Crippen LogP contribution in [0.2, 0.25) is 0 Å². The van der Waals surface area contributed by atoms with E-state index in [2.05, 4.69) is 5.32 Å². The molecule has 0 spiro atoms. The quantitative estimate of drug-likeness (QED) is 0.809. The van der Waals surface area contributed by atoms with E-state index in [-0.39, 0.29) is 12.3 Å². The van der Waals surface area contributed by atoms with Gasteiger partial charge in [-0.05, 0) is 24.3 Å². The summed E-state index contributed by atoms with van der Waals surface area (Å²) >= 11 is 0. The molecule has 1 rings (SSSR count). The van der Waals surface area contributed by atoms with E-state index in [0.717, 1.165) is 0 Å². The van der Waals surface area contributed by atoms with E-state index >= 15 is 0 Å². The number of hydrogen-bond donors (Lipinski definition) is 2. The summed E-state index contributed by atoms with van der Waals surface area (Å²) in [6, 6.07) is 8.46. The van der Waals surface area contributed by atoms with Crippen molar-refractivity contribution < 1.29 is 9.59 Å². The van der Waals surface area contributed by atoms with Gasteiger partial charge in [0.25, 0.3) is 0 Å². The Morgan fingerprint density at radius 1 is 1.41 bits per heavy atom. The molecule has 0 heterocycles. The highest BCUT2D eigenvalue weighted by Gasteiger charge is 2.15.